The lowest BCUT2D eigenvalue weighted by Crippen LogP contribution is -2.42. The van der Waals surface area contributed by atoms with Gasteiger partial charge < -0.3 is 25.0 Å². The van der Waals surface area contributed by atoms with Crippen molar-refractivity contribution in [3.8, 4) is 0 Å². The molecule has 3 heterocycles. The van der Waals surface area contributed by atoms with E-state index in [4.69, 9.17) is 9.84 Å². The van der Waals surface area contributed by atoms with Crippen molar-refractivity contribution in [2.45, 2.75) is 24.9 Å². The first kappa shape index (κ1) is 12.4. The average molecular weight is 268 g/mol. The van der Waals surface area contributed by atoms with Gasteiger partial charge in [-0.05, 0) is 0 Å². The standard InChI is InChI=1S/C11H16N4O4/c1-14-4-13-10-9(11(14)18)12-5-15(10)8-2-6(17)7(3-16)19-8/h5-8,16-18H,2-4H2,1H3/t6-,7+,8+/m0/s1. The molecule has 8 nitrogen and oxygen atoms in total. The molecule has 1 fully saturated rings. The molecular weight excluding hydrogens is 252 g/mol. The second-order valence-electron chi connectivity index (χ2n) is 4.76. The highest BCUT2D eigenvalue weighted by Gasteiger charge is 2.35. The number of hydrogen-bond donors (Lipinski definition) is 3. The Bertz CT molecular complexity index is 598. The second-order valence-corrected chi connectivity index (χ2v) is 4.76. The molecule has 0 spiro atoms. The van der Waals surface area contributed by atoms with Crippen molar-refractivity contribution in [3.05, 3.63) is 17.2 Å². The highest BCUT2D eigenvalue weighted by molar-refractivity contribution is 5.29. The van der Waals surface area contributed by atoms with Crippen LogP contribution in [0.1, 0.15) is 12.6 Å². The van der Waals surface area contributed by atoms with Crippen LogP contribution in [0.3, 0.4) is 0 Å². The highest BCUT2D eigenvalue weighted by Crippen LogP contribution is 2.27. The molecule has 2 aliphatic heterocycles. The molecule has 3 atom stereocenters. The molecule has 104 valence electrons. The number of rotatable bonds is 2. The fourth-order valence-electron chi connectivity index (χ4n) is 2.35. The van der Waals surface area contributed by atoms with Crippen molar-refractivity contribution in [1.29, 1.82) is 0 Å². The van der Waals surface area contributed by atoms with Crippen molar-refractivity contribution >= 4 is 5.88 Å². The maximum Gasteiger partial charge on any atom is 0.218 e. The minimum absolute atomic E-state index is 0.0704. The SMILES string of the molecule is CN1CN=c2c(ncn2[C@H]2C[C@H](O)[C@@H](CO)O2)=C1O. The Balaban J connectivity index is 2.00. The van der Waals surface area contributed by atoms with E-state index < -0.39 is 18.4 Å². The summed E-state index contributed by atoms with van der Waals surface area (Å²) in [4.78, 5) is 10.0. The molecule has 19 heavy (non-hydrogen) atoms. The van der Waals surface area contributed by atoms with Gasteiger partial charge in [-0.25, -0.2) is 9.98 Å². The van der Waals surface area contributed by atoms with Gasteiger partial charge in [-0.2, -0.15) is 0 Å². The van der Waals surface area contributed by atoms with E-state index >= 15 is 0 Å². The zero-order valence-corrected chi connectivity index (χ0v) is 10.5. The minimum atomic E-state index is -0.711. The fraction of sp³-hybridized carbons (Fsp3) is 0.636. The molecule has 0 amide bonds. The van der Waals surface area contributed by atoms with Crippen LogP contribution < -0.4 is 10.8 Å². The summed E-state index contributed by atoms with van der Waals surface area (Å²) < 4.78 is 7.23. The van der Waals surface area contributed by atoms with Crippen LogP contribution in [0.5, 0.6) is 0 Å². The summed E-state index contributed by atoms with van der Waals surface area (Å²) in [5, 5.41) is 29.1. The molecule has 0 aliphatic carbocycles. The first-order chi connectivity index (χ1) is 9.11. The quantitative estimate of drug-likeness (QED) is 0.556. The van der Waals surface area contributed by atoms with Gasteiger partial charge in [0.15, 0.2) is 10.8 Å². The summed E-state index contributed by atoms with van der Waals surface area (Å²) in [6.07, 6.45) is 0.160. The van der Waals surface area contributed by atoms with Crippen LogP contribution in [0.25, 0.3) is 5.88 Å². The van der Waals surface area contributed by atoms with Crippen molar-refractivity contribution in [2.24, 2.45) is 4.99 Å². The van der Waals surface area contributed by atoms with Gasteiger partial charge in [-0.1, -0.05) is 0 Å². The van der Waals surface area contributed by atoms with Crippen LogP contribution >= 0.6 is 0 Å². The Kier molecular flexibility index (Phi) is 2.92. The van der Waals surface area contributed by atoms with E-state index in [1.807, 2.05) is 0 Å². The molecule has 0 unspecified atom stereocenters. The van der Waals surface area contributed by atoms with Crippen LogP contribution in [-0.4, -0.2) is 62.3 Å². The van der Waals surface area contributed by atoms with E-state index in [-0.39, 0.29) is 12.5 Å². The maximum absolute atomic E-state index is 9.91. The number of ether oxygens (including phenoxy) is 1. The van der Waals surface area contributed by atoms with Gasteiger partial charge in [0.2, 0.25) is 5.88 Å². The van der Waals surface area contributed by atoms with Crippen LogP contribution in [0.2, 0.25) is 0 Å². The number of nitrogens with zero attached hydrogens (tertiary/aromatic N) is 4. The van der Waals surface area contributed by atoms with Gasteiger partial charge >= 0.3 is 0 Å². The molecule has 1 aromatic rings. The Hall–Kier alpha value is -1.64. The number of hydrogen-bond acceptors (Lipinski definition) is 7. The van der Waals surface area contributed by atoms with E-state index in [9.17, 15) is 10.2 Å². The van der Waals surface area contributed by atoms with Gasteiger partial charge in [-0.3, -0.25) is 4.57 Å². The predicted molar refractivity (Wildman–Crippen MR) is 63.3 cm³/mol. The van der Waals surface area contributed by atoms with Gasteiger partial charge in [0.05, 0.1) is 19.0 Å². The van der Waals surface area contributed by atoms with Gasteiger partial charge in [0.25, 0.3) is 0 Å². The van der Waals surface area contributed by atoms with E-state index in [1.54, 1.807) is 16.5 Å². The van der Waals surface area contributed by atoms with E-state index in [0.29, 0.717) is 23.9 Å². The average Bonchev–Trinajstić information content (AvgIpc) is 2.97. The van der Waals surface area contributed by atoms with Crippen LogP contribution in [0.15, 0.2) is 11.3 Å². The lowest BCUT2D eigenvalue weighted by Gasteiger charge is -2.18. The summed E-state index contributed by atoms with van der Waals surface area (Å²) in [7, 11) is 1.72. The monoisotopic (exact) mass is 268 g/mol. The lowest BCUT2D eigenvalue weighted by molar-refractivity contribution is -0.0456. The molecule has 8 heteroatoms. The highest BCUT2D eigenvalue weighted by atomic mass is 16.5. The van der Waals surface area contributed by atoms with E-state index in [2.05, 4.69) is 9.98 Å². The third kappa shape index (κ3) is 1.88. The summed E-state index contributed by atoms with van der Waals surface area (Å²) in [5.74, 6) is 0.0704. The number of aliphatic hydroxyl groups excluding tert-OH is 3. The molecule has 3 N–H and O–H groups in total. The molecule has 1 aromatic heterocycles. The van der Waals surface area contributed by atoms with E-state index in [1.165, 1.54) is 6.33 Å². The molecule has 0 radical (unpaired) electrons. The van der Waals surface area contributed by atoms with Crippen molar-refractivity contribution < 1.29 is 20.1 Å². The van der Waals surface area contributed by atoms with Crippen molar-refractivity contribution in [3.63, 3.8) is 0 Å². The molecule has 3 rings (SSSR count). The zero-order valence-electron chi connectivity index (χ0n) is 10.5. The van der Waals surface area contributed by atoms with Crippen molar-refractivity contribution in [1.82, 2.24) is 14.5 Å². The molecule has 0 saturated carbocycles. The van der Waals surface area contributed by atoms with Gasteiger partial charge in [0.1, 0.15) is 19.0 Å². The number of fused-ring (bicyclic) bond motifs is 1. The predicted octanol–water partition coefficient (Wildman–Crippen LogP) is -2.33. The Labute approximate surface area is 108 Å². The van der Waals surface area contributed by atoms with Crippen LogP contribution in [0, 0.1) is 0 Å². The molecule has 0 aromatic carbocycles. The first-order valence-electron chi connectivity index (χ1n) is 6.08. The molecule has 0 bridgehead atoms. The summed E-state index contributed by atoms with van der Waals surface area (Å²) in [6.45, 7) is 0.106. The molecule has 1 saturated heterocycles. The third-order valence-electron chi connectivity index (χ3n) is 3.47. The Morgan fingerprint density at radius 1 is 1.53 bits per heavy atom. The van der Waals surface area contributed by atoms with Crippen molar-refractivity contribution in [2.75, 3.05) is 20.3 Å². The van der Waals surface area contributed by atoms with Gasteiger partial charge in [0, 0.05) is 13.5 Å². The largest absolute Gasteiger partial charge is 0.493 e. The van der Waals surface area contributed by atoms with E-state index in [0.717, 1.165) is 0 Å². The maximum atomic E-state index is 9.91. The molecule has 2 aliphatic rings. The van der Waals surface area contributed by atoms with Crippen LogP contribution in [0.4, 0.5) is 0 Å². The first-order valence-corrected chi connectivity index (χ1v) is 6.08. The second kappa shape index (κ2) is 4.48. The summed E-state index contributed by atoms with van der Waals surface area (Å²) >= 11 is 0. The Morgan fingerprint density at radius 2 is 2.32 bits per heavy atom. The third-order valence-corrected chi connectivity index (χ3v) is 3.47. The zero-order chi connectivity index (χ0) is 13.6. The number of aromatic nitrogens is 2. The number of aliphatic hydroxyl groups is 3. The number of imidazole rings is 1. The topological polar surface area (TPSA) is 103 Å². The normalized spacial score (nSPS) is 30.4. The van der Waals surface area contributed by atoms with Gasteiger partial charge in [-0.15, -0.1) is 0 Å². The fourth-order valence-corrected chi connectivity index (χ4v) is 2.35. The lowest BCUT2D eigenvalue weighted by atomic mass is 10.2. The summed E-state index contributed by atoms with van der Waals surface area (Å²) in [5.41, 5.74) is 0.534. The Morgan fingerprint density at radius 3 is 3.00 bits per heavy atom. The molecular formula is C11H16N4O4. The smallest absolute Gasteiger partial charge is 0.218 e. The minimum Gasteiger partial charge on any atom is -0.493 e. The summed E-state index contributed by atoms with van der Waals surface area (Å²) in [6, 6.07) is 0. The van der Waals surface area contributed by atoms with Crippen LogP contribution in [-0.2, 0) is 4.74 Å².